The number of likely N-dealkylation sites (N-methyl/N-ethyl adjacent to an activating group) is 1. The predicted octanol–water partition coefficient (Wildman–Crippen LogP) is 3.18. The fourth-order valence-electron chi connectivity index (χ4n) is 2.61. The highest BCUT2D eigenvalue weighted by molar-refractivity contribution is 5.56. The number of hydrogen-bond donors (Lipinski definition) is 1. The van der Waals surface area contributed by atoms with E-state index in [0.29, 0.717) is 12.6 Å². The number of rotatable bonds is 7. The summed E-state index contributed by atoms with van der Waals surface area (Å²) < 4.78 is 0. The smallest absolute Gasteiger partial charge is 0.269 e. The summed E-state index contributed by atoms with van der Waals surface area (Å²) in [7, 11) is 0. The van der Waals surface area contributed by atoms with Gasteiger partial charge < -0.3 is 5.11 Å². The molecule has 0 heterocycles. The third-order valence-electron chi connectivity index (χ3n) is 3.94. The van der Waals surface area contributed by atoms with Crippen molar-refractivity contribution in [3.8, 4) is 0 Å². The van der Waals surface area contributed by atoms with Crippen molar-refractivity contribution in [1.29, 1.82) is 0 Å². The van der Waals surface area contributed by atoms with E-state index >= 15 is 0 Å². The number of nitro groups is 1. The number of hydrogen-bond acceptors (Lipinski definition) is 4. The fourth-order valence-corrected chi connectivity index (χ4v) is 2.61. The molecule has 1 N–H and O–H groups in total. The van der Waals surface area contributed by atoms with Gasteiger partial charge in [0.15, 0.2) is 0 Å². The first-order valence-electron chi connectivity index (χ1n) is 7.80. The molecule has 1 aromatic carbocycles. The van der Waals surface area contributed by atoms with Crippen LogP contribution in [0.15, 0.2) is 54.1 Å². The van der Waals surface area contributed by atoms with Crippen LogP contribution in [0.5, 0.6) is 0 Å². The van der Waals surface area contributed by atoms with Gasteiger partial charge in [0.1, 0.15) is 0 Å². The fraction of sp³-hybridized carbons (Fsp3) is 0.333. The lowest BCUT2D eigenvalue weighted by molar-refractivity contribution is -0.384. The average molecular weight is 314 g/mol. The van der Waals surface area contributed by atoms with Crippen LogP contribution in [0.2, 0.25) is 0 Å². The molecule has 0 radical (unpaired) electrons. The van der Waals surface area contributed by atoms with Gasteiger partial charge in [-0.05, 0) is 36.2 Å². The summed E-state index contributed by atoms with van der Waals surface area (Å²) in [6.45, 7) is 3.87. The Balaban J connectivity index is 1.95. The molecular formula is C18H22N2O3. The van der Waals surface area contributed by atoms with E-state index in [9.17, 15) is 10.1 Å². The Morgan fingerprint density at radius 1 is 1.35 bits per heavy atom. The molecule has 0 amide bonds. The van der Waals surface area contributed by atoms with E-state index in [-0.39, 0.29) is 12.3 Å². The van der Waals surface area contributed by atoms with Crippen molar-refractivity contribution in [2.24, 2.45) is 0 Å². The van der Waals surface area contributed by atoms with Gasteiger partial charge in [0.05, 0.1) is 11.5 Å². The highest BCUT2D eigenvalue weighted by atomic mass is 16.6. The summed E-state index contributed by atoms with van der Waals surface area (Å²) in [5, 5.41) is 19.7. The molecule has 0 saturated carbocycles. The van der Waals surface area contributed by atoms with Crippen LogP contribution in [0.1, 0.15) is 18.9 Å². The van der Waals surface area contributed by atoms with Crippen LogP contribution in [0.3, 0.4) is 0 Å². The van der Waals surface area contributed by atoms with Crippen molar-refractivity contribution in [2.75, 3.05) is 19.7 Å². The van der Waals surface area contributed by atoms with E-state index in [4.69, 9.17) is 5.11 Å². The summed E-state index contributed by atoms with van der Waals surface area (Å²) in [5.74, 6) is 0. The van der Waals surface area contributed by atoms with Gasteiger partial charge in [-0.15, -0.1) is 0 Å². The zero-order chi connectivity index (χ0) is 16.7. The Hall–Kier alpha value is -2.24. The largest absolute Gasteiger partial charge is 0.395 e. The molecule has 0 aromatic heterocycles. The lowest BCUT2D eigenvalue weighted by atomic mass is 10.0. The van der Waals surface area contributed by atoms with Crippen LogP contribution in [-0.4, -0.2) is 40.7 Å². The topological polar surface area (TPSA) is 66.6 Å². The maximum atomic E-state index is 10.6. The molecule has 0 spiro atoms. The first kappa shape index (κ1) is 17.1. The van der Waals surface area contributed by atoms with Gasteiger partial charge in [0.25, 0.3) is 5.69 Å². The van der Waals surface area contributed by atoms with E-state index in [0.717, 1.165) is 24.1 Å². The predicted molar refractivity (Wildman–Crippen MR) is 92.1 cm³/mol. The lowest BCUT2D eigenvalue weighted by Gasteiger charge is -2.28. The number of allylic oxidation sites excluding steroid dienone is 3. The summed E-state index contributed by atoms with van der Waals surface area (Å²) in [6.07, 6.45) is 11.3. The first-order chi connectivity index (χ1) is 11.1. The number of nitro benzene ring substituents is 1. The molecule has 23 heavy (non-hydrogen) atoms. The van der Waals surface area contributed by atoms with E-state index in [1.165, 1.54) is 12.1 Å². The van der Waals surface area contributed by atoms with Crippen molar-refractivity contribution in [3.05, 3.63) is 69.8 Å². The minimum Gasteiger partial charge on any atom is -0.395 e. The van der Waals surface area contributed by atoms with Crippen molar-refractivity contribution in [3.63, 3.8) is 0 Å². The standard InChI is InChI=1S/C18H22N2O3/c1-2-19(13-14-21)17-9-5-15(6-10-17)3-4-16-7-11-18(12-8-16)20(22)23/h3-9,11-12,17,21H,2,10,13-14H2,1H3/b4-3+/t17-/m1/s1. The van der Waals surface area contributed by atoms with Crippen LogP contribution in [0.4, 0.5) is 5.69 Å². The Morgan fingerprint density at radius 3 is 2.61 bits per heavy atom. The van der Waals surface area contributed by atoms with E-state index in [1.54, 1.807) is 12.1 Å². The van der Waals surface area contributed by atoms with Crippen LogP contribution < -0.4 is 0 Å². The maximum Gasteiger partial charge on any atom is 0.269 e. The van der Waals surface area contributed by atoms with Crippen molar-refractivity contribution in [2.45, 2.75) is 19.4 Å². The molecule has 0 unspecified atom stereocenters. The molecule has 1 aromatic rings. The highest BCUT2D eigenvalue weighted by Crippen LogP contribution is 2.18. The van der Waals surface area contributed by atoms with Crippen molar-refractivity contribution >= 4 is 11.8 Å². The van der Waals surface area contributed by atoms with Gasteiger partial charge in [-0.3, -0.25) is 15.0 Å². The summed E-state index contributed by atoms with van der Waals surface area (Å²) >= 11 is 0. The van der Waals surface area contributed by atoms with Crippen LogP contribution in [0.25, 0.3) is 6.08 Å². The molecule has 5 heteroatoms. The molecule has 5 nitrogen and oxygen atoms in total. The summed E-state index contributed by atoms with van der Waals surface area (Å²) in [4.78, 5) is 12.5. The molecule has 0 fully saturated rings. The number of nitrogens with zero attached hydrogens (tertiary/aromatic N) is 2. The SMILES string of the molecule is CCN(CCO)[C@@H]1C=CC(/C=C/c2ccc([N+](=O)[O-])cc2)=CC1. The Bertz CT molecular complexity index is 618. The maximum absolute atomic E-state index is 10.6. The Labute approximate surface area is 136 Å². The van der Waals surface area contributed by atoms with Gasteiger partial charge in [0.2, 0.25) is 0 Å². The zero-order valence-electron chi connectivity index (χ0n) is 13.3. The third kappa shape index (κ3) is 4.87. The van der Waals surface area contributed by atoms with Crippen LogP contribution in [0, 0.1) is 10.1 Å². The van der Waals surface area contributed by atoms with E-state index in [2.05, 4.69) is 30.1 Å². The lowest BCUT2D eigenvalue weighted by Crippen LogP contribution is -2.36. The minimum atomic E-state index is -0.397. The summed E-state index contributed by atoms with van der Waals surface area (Å²) in [6, 6.07) is 6.84. The molecule has 1 aliphatic rings. The average Bonchev–Trinajstić information content (AvgIpc) is 2.59. The molecule has 122 valence electrons. The first-order valence-corrected chi connectivity index (χ1v) is 7.80. The van der Waals surface area contributed by atoms with Gasteiger partial charge in [0, 0.05) is 24.7 Å². The second-order valence-corrected chi connectivity index (χ2v) is 5.40. The minimum absolute atomic E-state index is 0.102. The van der Waals surface area contributed by atoms with Crippen molar-refractivity contribution in [1.82, 2.24) is 4.90 Å². The quantitative estimate of drug-likeness (QED) is 0.620. The monoisotopic (exact) mass is 314 g/mol. The van der Waals surface area contributed by atoms with E-state index in [1.807, 2.05) is 12.2 Å². The van der Waals surface area contributed by atoms with Gasteiger partial charge in [-0.25, -0.2) is 0 Å². The third-order valence-corrected chi connectivity index (χ3v) is 3.94. The van der Waals surface area contributed by atoms with Crippen molar-refractivity contribution < 1.29 is 10.0 Å². The van der Waals surface area contributed by atoms with E-state index < -0.39 is 4.92 Å². The molecular weight excluding hydrogens is 292 g/mol. The second-order valence-electron chi connectivity index (χ2n) is 5.40. The van der Waals surface area contributed by atoms with Gasteiger partial charge >= 0.3 is 0 Å². The van der Waals surface area contributed by atoms with Crippen LogP contribution in [-0.2, 0) is 0 Å². The number of aliphatic hydroxyl groups is 1. The zero-order valence-corrected chi connectivity index (χ0v) is 13.3. The molecule has 0 aliphatic heterocycles. The normalized spacial score (nSPS) is 17.7. The molecule has 0 bridgehead atoms. The molecule has 2 rings (SSSR count). The second kappa shape index (κ2) is 8.41. The highest BCUT2D eigenvalue weighted by Gasteiger charge is 2.14. The summed E-state index contributed by atoms with van der Waals surface area (Å²) in [5.41, 5.74) is 2.16. The number of aliphatic hydroxyl groups excluding tert-OH is 1. The Morgan fingerprint density at radius 2 is 2.09 bits per heavy atom. The van der Waals surface area contributed by atoms with Crippen LogP contribution >= 0.6 is 0 Å². The van der Waals surface area contributed by atoms with Gasteiger partial charge in [-0.1, -0.05) is 37.3 Å². The number of non-ortho nitro benzene ring substituents is 1. The molecule has 0 saturated heterocycles. The Kier molecular flexibility index (Phi) is 6.26. The molecule has 1 aliphatic carbocycles. The number of benzene rings is 1. The van der Waals surface area contributed by atoms with Gasteiger partial charge in [-0.2, -0.15) is 0 Å². The molecule has 1 atom stereocenters.